The molecule has 1 atom stereocenters. The molecule has 7 nitrogen and oxygen atoms in total. The summed E-state index contributed by atoms with van der Waals surface area (Å²) in [5.41, 5.74) is 1.04. The van der Waals surface area contributed by atoms with E-state index >= 15 is 0 Å². The first-order valence-corrected chi connectivity index (χ1v) is 8.12. The van der Waals surface area contributed by atoms with Crippen molar-refractivity contribution in [2.45, 2.75) is 13.0 Å². The molecule has 0 aliphatic carbocycles. The Morgan fingerprint density at radius 1 is 1.19 bits per heavy atom. The number of carbonyl (C=O) groups excluding carboxylic acids is 2. The van der Waals surface area contributed by atoms with Crippen LogP contribution in [0, 0.1) is 0 Å². The van der Waals surface area contributed by atoms with E-state index < -0.39 is 6.10 Å². The van der Waals surface area contributed by atoms with Crippen molar-refractivity contribution in [1.82, 2.24) is 0 Å². The molecule has 0 aromatic heterocycles. The third-order valence-electron chi connectivity index (χ3n) is 4.06. The second-order valence-electron chi connectivity index (χ2n) is 5.77. The number of carbonyl (C=O) groups is 2. The molecule has 0 saturated heterocycles. The average molecular weight is 356 g/mol. The monoisotopic (exact) mass is 356 g/mol. The van der Waals surface area contributed by atoms with E-state index in [9.17, 15) is 9.59 Å². The van der Waals surface area contributed by atoms with E-state index in [2.05, 4.69) is 5.32 Å². The average Bonchev–Trinajstić information content (AvgIpc) is 2.65. The van der Waals surface area contributed by atoms with Crippen LogP contribution in [0.5, 0.6) is 17.2 Å². The minimum atomic E-state index is -0.649. The predicted molar refractivity (Wildman–Crippen MR) is 97.1 cm³/mol. The highest BCUT2D eigenvalue weighted by atomic mass is 16.5. The molecular formula is C19H20N2O5. The lowest BCUT2D eigenvalue weighted by Gasteiger charge is -2.32. The molecule has 0 saturated carbocycles. The summed E-state index contributed by atoms with van der Waals surface area (Å²) in [6, 6.07) is 12.2. The number of ether oxygens (including phenoxy) is 3. The largest absolute Gasteiger partial charge is 0.497 e. The third kappa shape index (κ3) is 3.42. The van der Waals surface area contributed by atoms with Gasteiger partial charge in [-0.05, 0) is 31.2 Å². The molecule has 2 aromatic rings. The van der Waals surface area contributed by atoms with Crippen molar-refractivity contribution >= 4 is 23.2 Å². The quantitative estimate of drug-likeness (QED) is 0.890. The van der Waals surface area contributed by atoms with Gasteiger partial charge in [-0.3, -0.25) is 14.5 Å². The normalized spacial score (nSPS) is 15.7. The van der Waals surface area contributed by atoms with Gasteiger partial charge in [0.25, 0.3) is 5.91 Å². The zero-order valence-electron chi connectivity index (χ0n) is 14.8. The maximum absolute atomic E-state index is 12.6. The molecule has 1 aliphatic heterocycles. The number of rotatable bonds is 5. The summed E-state index contributed by atoms with van der Waals surface area (Å²) in [6.45, 7) is 1.53. The summed E-state index contributed by atoms with van der Waals surface area (Å²) >= 11 is 0. The molecule has 0 radical (unpaired) electrons. The standard InChI is InChI=1S/C19H20N2O5/c1-12-19(23)21(15-6-4-5-7-17(15)26-12)11-18(22)20-14-10-13(24-2)8-9-16(14)25-3/h4-10,12H,11H2,1-3H3,(H,20,22)/t12-/m1/s1. The van der Waals surface area contributed by atoms with E-state index in [0.29, 0.717) is 28.6 Å². The van der Waals surface area contributed by atoms with Crippen LogP contribution in [0.1, 0.15) is 6.92 Å². The number of benzene rings is 2. The van der Waals surface area contributed by atoms with Crippen LogP contribution in [0.25, 0.3) is 0 Å². The molecular weight excluding hydrogens is 336 g/mol. The van der Waals surface area contributed by atoms with Crippen molar-refractivity contribution in [2.24, 2.45) is 0 Å². The maximum atomic E-state index is 12.6. The summed E-state index contributed by atoms with van der Waals surface area (Å²) < 4.78 is 16.0. The highest BCUT2D eigenvalue weighted by Gasteiger charge is 2.32. The van der Waals surface area contributed by atoms with Crippen molar-refractivity contribution in [3.8, 4) is 17.2 Å². The number of hydrogen-bond acceptors (Lipinski definition) is 5. The number of hydrogen-bond donors (Lipinski definition) is 1. The first-order valence-electron chi connectivity index (χ1n) is 8.12. The van der Waals surface area contributed by atoms with Gasteiger partial charge in [-0.1, -0.05) is 12.1 Å². The molecule has 1 heterocycles. The Hall–Kier alpha value is -3.22. The number of fused-ring (bicyclic) bond motifs is 1. The van der Waals surface area contributed by atoms with E-state index in [0.717, 1.165) is 0 Å². The SMILES string of the molecule is COc1ccc(OC)c(NC(=O)CN2C(=O)[C@@H](C)Oc3ccccc32)c1. The lowest BCUT2D eigenvalue weighted by molar-refractivity contribution is -0.127. The molecule has 2 aromatic carbocycles. The summed E-state index contributed by atoms with van der Waals surface area (Å²) in [6.07, 6.45) is -0.649. The first kappa shape index (κ1) is 17.6. The van der Waals surface area contributed by atoms with Crippen molar-refractivity contribution < 1.29 is 23.8 Å². The van der Waals surface area contributed by atoms with Crippen LogP contribution < -0.4 is 24.4 Å². The zero-order chi connectivity index (χ0) is 18.7. The Balaban J connectivity index is 1.81. The minimum Gasteiger partial charge on any atom is -0.497 e. The van der Waals surface area contributed by atoms with E-state index in [4.69, 9.17) is 14.2 Å². The van der Waals surface area contributed by atoms with Gasteiger partial charge in [0.2, 0.25) is 5.91 Å². The van der Waals surface area contributed by atoms with E-state index in [1.165, 1.54) is 19.1 Å². The van der Waals surface area contributed by atoms with Crippen LogP contribution in [-0.4, -0.2) is 38.7 Å². The number of nitrogens with one attached hydrogen (secondary N) is 1. The fourth-order valence-corrected chi connectivity index (χ4v) is 2.77. The van der Waals surface area contributed by atoms with Crippen LogP contribution in [0.2, 0.25) is 0 Å². The number of para-hydroxylation sites is 2. The molecule has 7 heteroatoms. The van der Waals surface area contributed by atoms with E-state index in [1.807, 2.05) is 6.07 Å². The molecule has 26 heavy (non-hydrogen) atoms. The number of nitrogens with zero attached hydrogens (tertiary/aromatic N) is 1. The van der Waals surface area contributed by atoms with E-state index in [1.54, 1.807) is 43.3 Å². The van der Waals surface area contributed by atoms with Gasteiger partial charge in [-0.2, -0.15) is 0 Å². The molecule has 2 amide bonds. The number of amides is 2. The lowest BCUT2D eigenvalue weighted by atomic mass is 10.2. The Labute approximate surface area is 151 Å². The summed E-state index contributed by atoms with van der Waals surface area (Å²) in [5.74, 6) is 1.04. The minimum absolute atomic E-state index is 0.135. The summed E-state index contributed by atoms with van der Waals surface area (Å²) in [4.78, 5) is 26.5. The van der Waals surface area contributed by atoms with Gasteiger partial charge in [-0.25, -0.2) is 0 Å². The molecule has 0 bridgehead atoms. The van der Waals surface area contributed by atoms with Crippen molar-refractivity contribution in [2.75, 3.05) is 31.0 Å². The Morgan fingerprint density at radius 3 is 2.69 bits per heavy atom. The third-order valence-corrected chi connectivity index (χ3v) is 4.06. The molecule has 3 rings (SSSR count). The van der Waals surface area contributed by atoms with Crippen LogP contribution in [0.3, 0.4) is 0 Å². The highest BCUT2D eigenvalue weighted by Crippen LogP contribution is 2.34. The Bertz CT molecular complexity index is 836. The van der Waals surface area contributed by atoms with Crippen LogP contribution in [0.15, 0.2) is 42.5 Å². The topological polar surface area (TPSA) is 77.1 Å². The van der Waals surface area contributed by atoms with Gasteiger partial charge in [0, 0.05) is 6.07 Å². The zero-order valence-corrected chi connectivity index (χ0v) is 14.8. The number of anilines is 2. The van der Waals surface area contributed by atoms with Crippen LogP contribution in [0.4, 0.5) is 11.4 Å². The van der Waals surface area contributed by atoms with Gasteiger partial charge < -0.3 is 19.5 Å². The van der Waals surface area contributed by atoms with Gasteiger partial charge in [0.15, 0.2) is 6.10 Å². The van der Waals surface area contributed by atoms with Gasteiger partial charge in [0.05, 0.1) is 25.6 Å². The molecule has 0 unspecified atom stereocenters. The molecule has 1 aliphatic rings. The van der Waals surface area contributed by atoms with Crippen molar-refractivity contribution in [3.63, 3.8) is 0 Å². The fourth-order valence-electron chi connectivity index (χ4n) is 2.77. The van der Waals surface area contributed by atoms with Gasteiger partial charge in [0.1, 0.15) is 23.8 Å². The first-order chi connectivity index (χ1) is 12.5. The fraction of sp³-hybridized carbons (Fsp3) is 0.263. The van der Waals surface area contributed by atoms with Gasteiger partial charge >= 0.3 is 0 Å². The number of methoxy groups -OCH3 is 2. The lowest BCUT2D eigenvalue weighted by Crippen LogP contribution is -2.47. The molecule has 136 valence electrons. The Morgan fingerprint density at radius 2 is 1.96 bits per heavy atom. The van der Waals surface area contributed by atoms with E-state index in [-0.39, 0.29) is 18.4 Å². The predicted octanol–water partition coefficient (Wildman–Crippen LogP) is 2.46. The smallest absolute Gasteiger partial charge is 0.268 e. The highest BCUT2D eigenvalue weighted by molar-refractivity contribution is 6.06. The van der Waals surface area contributed by atoms with Crippen LogP contribution >= 0.6 is 0 Å². The van der Waals surface area contributed by atoms with Gasteiger partial charge in [-0.15, -0.1) is 0 Å². The Kier molecular flexibility index (Phi) is 4.97. The molecule has 1 N–H and O–H groups in total. The second-order valence-corrected chi connectivity index (χ2v) is 5.77. The summed E-state index contributed by atoms with van der Waals surface area (Å²) in [7, 11) is 3.05. The van der Waals surface area contributed by atoms with Crippen molar-refractivity contribution in [1.29, 1.82) is 0 Å². The summed E-state index contributed by atoms with van der Waals surface area (Å²) in [5, 5.41) is 2.77. The van der Waals surface area contributed by atoms with Crippen molar-refractivity contribution in [3.05, 3.63) is 42.5 Å². The molecule has 0 spiro atoms. The van der Waals surface area contributed by atoms with Crippen LogP contribution in [-0.2, 0) is 9.59 Å². The molecule has 0 fully saturated rings. The second kappa shape index (κ2) is 7.35. The maximum Gasteiger partial charge on any atom is 0.268 e.